The summed E-state index contributed by atoms with van der Waals surface area (Å²) in [5.74, 6) is 4.61. The maximum Gasteiger partial charge on any atom is 0.296 e. The van der Waals surface area contributed by atoms with Crippen molar-refractivity contribution in [1.29, 1.82) is 0 Å². The molecule has 0 bridgehead atoms. The van der Waals surface area contributed by atoms with Gasteiger partial charge in [0.05, 0.1) is 6.04 Å². The smallest absolute Gasteiger partial charge is 0.296 e. The molecule has 1 atom stereocenters. The predicted octanol–water partition coefficient (Wildman–Crippen LogP) is 1.58. The lowest BCUT2D eigenvalue weighted by atomic mass is 10.2. The van der Waals surface area contributed by atoms with Crippen molar-refractivity contribution in [2.45, 2.75) is 25.9 Å². The molecule has 1 aromatic carbocycles. The van der Waals surface area contributed by atoms with Crippen LogP contribution in [0.5, 0.6) is 0 Å². The van der Waals surface area contributed by atoms with Crippen LogP contribution in [0, 0.1) is 11.8 Å². The molecule has 1 N–H and O–H groups in total. The zero-order valence-electron chi connectivity index (χ0n) is 11.1. The van der Waals surface area contributed by atoms with Crippen molar-refractivity contribution in [2.24, 2.45) is 0 Å². The number of hydrogen-bond donors (Lipinski definition) is 1. The summed E-state index contributed by atoms with van der Waals surface area (Å²) in [6.07, 6.45) is 0.307. The van der Waals surface area contributed by atoms with E-state index in [0.717, 1.165) is 5.56 Å². The number of halogens is 1. The summed E-state index contributed by atoms with van der Waals surface area (Å²) in [4.78, 5) is 25.0. The standard InChI is InChI=1S/C15H15ClN2O2/c1-2-5-14(19)17-12-8-15(20)18(10-12)9-11-6-3-4-7-13(11)16/h3-4,6-7,12H,8-10H2,1H3,(H,17,19). The van der Waals surface area contributed by atoms with Gasteiger partial charge >= 0.3 is 0 Å². The summed E-state index contributed by atoms with van der Waals surface area (Å²) in [6.45, 7) is 2.55. The van der Waals surface area contributed by atoms with Crippen LogP contribution in [0.15, 0.2) is 24.3 Å². The van der Waals surface area contributed by atoms with E-state index in [9.17, 15) is 9.59 Å². The summed E-state index contributed by atoms with van der Waals surface area (Å²) in [5.41, 5.74) is 0.905. The molecule has 0 aromatic heterocycles. The Morgan fingerprint density at radius 2 is 2.25 bits per heavy atom. The maximum absolute atomic E-state index is 11.9. The maximum atomic E-state index is 11.9. The molecule has 1 aliphatic heterocycles. The second kappa shape index (κ2) is 6.44. The number of carbonyl (C=O) groups excluding carboxylic acids is 2. The highest BCUT2D eigenvalue weighted by atomic mass is 35.5. The number of nitrogens with one attached hydrogen (secondary N) is 1. The molecule has 5 heteroatoms. The zero-order valence-corrected chi connectivity index (χ0v) is 11.9. The molecule has 2 rings (SSSR count). The van der Waals surface area contributed by atoms with E-state index in [1.165, 1.54) is 0 Å². The van der Waals surface area contributed by atoms with Crippen molar-refractivity contribution in [2.75, 3.05) is 6.54 Å². The minimum Gasteiger partial charge on any atom is -0.340 e. The Hall–Kier alpha value is -1.99. The molecular weight excluding hydrogens is 276 g/mol. The van der Waals surface area contributed by atoms with Crippen LogP contribution in [-0.2, 0) is 16.1 Å². The van der Waals surface area contributed by atoms with Crippen LogP contribution in [0.3, 0.4) is 0 Å². The Morgan fingerprint density at radius 3 is 2.95 bits per heavy atom. The van der Waals surface area contributed by atoms with E-state index in [1.54, 1.807) is 17.9 Å². The van der Waals surface area contributed by atoms with E-state index in [0.29, 0.717) is 24.5 Å². The first-order chi connectivity index (χ1) is 9.60. The van der Waals surface area contributed by atoms with Gasteiger partial charge in [-0.25, -0.2) is 0 Å². The Balaban J connectivity index is 1.97. The lowest BCUT2D eigenvalue weighted by Gasteiger charge is -2.17. The molecule has 1 unspecified atom stereocenters. The van der Waals surface area contributed by atoms with Gasteiger partial charge in [-0.05, 0) is 24.5 Å². The second-order valence-corrected chi connectivity index (χ2v) is 5.02. The van der Waals surface area contributed by atoms with Crippen LogP contribution < -0.4 is 5.32 Å². The Morgan fingerprint density at radius 1 is 1.50 bits per heavy atom. The average molecular weight is 291 g/mol. The topological polar surface area (TPSA) is 49.4 Å². The summed E-state index contributed by atoms with van der Waals surface area (Å²) < 4.78 is 0. The SMILES string of the molecule is CC#CC(=O)NC1CC(=O)N(Cc2ccccc2Cl)C1. The van der Waals surface area contributed by atoms with E-state index in [4.69, 9.17) is 11.6 Å². The third-order valence-electron chi connectivity index (χ3n) is 3.11. The van der Waals surface area contributed by atoms with Crippen LogP contribution in [0.25, 0.3) is 0 Å². The molecule has 1 heterocycles. The average Bonchev–Trinajstić information content (AvgIpc) is 2.72. The van der Waals surface area contributed by atoms with Crippen LogP contribution in [0.2, 0.25) is 5.02 Å². The minimum atomic E-state index is -0.343. The van der Waals surface area contributed by atoms with Gasteiger partial charge in [0.1, 0.15) is 0 Å². The van der Waals surface area contributed by atoms with Crippen molar-refractivity contribution in [1.82, 2.24) is 10.2 Å². The van der Waals surface area contributed by atoms with Gasteiger partial charge in [-0.1, -0.05) is 35.7 Å². The number of hydrogen-bond acceptors (Lipinski definition) is 2. The van der Waals surface area contributed by atoms with E-state index < -0.39 is 0 Å². The van der Waals surface area contributed by atoms with Crippen LogP contribution in [0.4, 0.5) is 0 Å². The van der Waals surface area contributed by atoms with Gasteiger partial charge < -0.3 is 10.2 Å². The highest BCUT2D eigenvalue weighted by Gasteiger charge is 2.30. The lowest BCUT2D eigenvalue weighted by Crippen LogP contribution is -2.36. The first kappa shape index (κ1) is 14.4. The molecule has 0 aliphatic carbocycles. The van der Waals surface area contributed by atoms with Gasteiger partial charge in [-0.3, -0.25) is 9.59 Å². The van der Waals surface area contributed by atoms with E-state index in [1.807, 2.05) is 18.2 Å². The summed E-state index contributed by atoms with van der Waals surface area (Å²) in [7, 11) is 0. The van der Waals surface area contributed by atoms with Crippen molar-refractivity contribution in [3.05, 3.63) is 34.9 Å². The van der Waals surface area contributed by atoms with Crippen LogP contribution in [0.1, 0.15) is 18.9 Å². The number of carbonyl (C=O) groups is 2. The Kier molecular flexibility index (Phi) is 4.65. The van der Waals surface area contributed by atoms with Gasteiger partial charge in [0, 0.05) is 24.5 Å². The molecule has 1 aliphatic rings. The number of rotatable bonds is 3. The highest BCUT2D eigenvalue weighted by molar-refractivity contribution is 6.31. The molecule has 2 amide bonds. The molecule has 1 fully saturated rings. The fourth-order valence-electron chi connectivity index (χ4n) is 2.19. The van der Waals surface area contributed by atoms with Gasteiger partial charge in [0.25, 0.3) is 5.91 Å². The molecule has 1 aromatic rings. The number of nitrogens with zero attached hydrogens (tertiary/aromatic N) is 1. The Bertz CT molecular complexity index is 589. The number of likely N-dealkylation sites (tertiary alicyclic amines) is 1. The molecule has 20 heavy (non-hydrogen) atoms. The normalized spacial score (nSPS) is 17.6. The third-order valence-corrected chi connectivity index (χ3v) is 3.48. The summed E-state index contributed by atoms with van der Waals surface area (Å²) in [5, 5.41) is 3.38. The molecule has 1 saturated heterocycles. The molecule has 4 nitrogen and oxygen atoms in total. The van der Waals surface area contributed by atoms with E-state index >= 15 is 0 Å². The second-order valence-electron chi connectivity index (χ2n) is 4.62. The fraction of sp³-hybridized carbons (Fsp3) is 0.333. The largest absolute Gasteiger partial charge is 0.340 e. The van der Waals surface area contributed by atoms with Gasteiger partial charge in [0.2, 0.25) is 5.91 Å². The zero-order chi connectivity index (χ0) is 14.5. The third kappa shape index (κ3) is 3.52. The Labute approximate surface area is 123 Å². The highest BCUT2D eigenvalue weighted by Crippen LogP contribution is 2.20. The monoisotopic (exact) mass is 290 g/mol. The molecule has 0 spiro atoms. The lowest BCUT2D eigenvalue weighted by molar-refractivity contribution is -0.128. The summed E-state index contributed by atoms with van der Waals surface area (Å²) >= 11 is 6.09. The van der Waals surface area contributed by atoms with Crippen LogP contribution in [-0.4, -0.2) is 29.3 Å². The molecule has 0 radical (unpaired) electrons. The number of amides is 2. The van der Waals surface area contributed by atoms with Crippen molar-refractivity contribution in [3.8, 4) is 11.8 Å². The van der Waals surface area contributed by atoms with E-state index in [2.05, 4.69) is 17.2 Å². The molecule has 104 valence electrons. The molecule has 0 saturated carbocycles. The van der Waals surface area contributed by atoms with Crippen molar-refractivity contribution < 1.29 is 9.59 Å². The minimum absolute atomic E-state index is 0.0136. The van der Waals surface area contributed by atoms with Gasteiger partial charge in [-0.15, -0.1) is 0 Å². The van der Waals surface area contributed by atoms with E-state index in [-0.39, 0.29) is 17.9 Å². The first-order valence-corrected chi connectivity index (χ1v) is 6.72. The summed E-state index contributed by atoms with van der Waals surface area (Å²) in [6, 6.07) is 7.25. The predicted molar refractivity (Wildman–Crippen MR) is 76.9 cm³/mol. The van der Waals surface area contributed by atoms with Gasteiger partial charge in [0.15, 0.2) is 0 Å². The fourth-order valence-corrected chi connectivity index (χ4v) is 2.38. The van der Waals surface area contributed by atoms with Crippen LogP contribution >= 0.6 is 11.6 Å². The van der Waals surface area contributed by atoms with Gasteiger partial charge in [-0.2, -0.15) is 0 Å². The van der Waals surface area contributed by atoms with Crippen molar-refractivity contribution >= 4 is 23.4 Å². The quantitative estimate of drug-likeness (QED) is 0.859. The number of benzene rings is 1. The first-order valence-electron chi connectivity index (χ1n) is 6.34. The van der Waals surface area contributed by atoms with Crippen molar-refractivity contribution in [3.63, 3.8) is 0 Å². The molecular formula is C15H15ClN2O2.